The van der Waals surface area contributed by atoms with Crippen molar-refractivity contribution < 1.29 is 18.8 Å². The number of aromatic nitrogens is 1. The molecule has 19 heavy (non-hydrogen) atoms. The highest BCUT2D eigenvalue weighted by Gasteiger charge is 2.09. The van der Waals surface area contributed by atoms with E-state index in [-0.39, 0.29) is 12.3 Å². The molecule has 100 valence electrons. The Labute approximate surface area is 110 Å². The summed E-state index contributed by atoms with van der Waals surface area (Å²) < 4.78 is 14.9. The molecule has 0 fully saturated rings. The summed E-state index contributed by atoms with van der Waals surface area (Å²) in [6.07, 6.45) is 3.03. The van der Waals surface area contributed by atoms with Crippen LogP contribution in [0.3, 0.4) is 0 Å². The van der Waals surface area contributed by atoms with E-state index < -0.39 is 0 Å². The largest absolute Gasteiger partial charge is 0.493 e. The molecule has 1 aromatic carbocycles. The summed E-state index contributed by atoms with van der Waals surface area (Å²) in [7, 11) is 3.12. The van der Waals surface area contributed by atoms with Gasteiger partial charge in [0.25, 0.3) is 0 Å². The molecule has 1 aromatic heterocycles. The molecule has 0 atom stereocenters. The number of ether oxygens (including phenoxy) is 2. The first-order valence-electron chi connectivity index (χ1n) is 5.63. The molecule has 2 rings (SSSR count). The van der Waals surface area contributed by atoms with Gasteiger partial charge in [0.2, 0.25) is 5.91 Å². The number of hydrogen-bond donors (Lipinski definition) is 1. The van der Waals surface area contributed by atoms with Crippen LogP contribution in [0.4, 0.5) is 5.69 Å². The quantitative estimate of drug-likeness (QED) is 0.890. The lowest BCUT2D eigenvalue weighted by Gasteiger charge is -2.09. The highest BCUT2D eigenvalue weighted by Crippen LogP contribution is 2.27. The van der Waals surface area contributed by atoms with Crippen molar-refractivity contribution in [2.24, 2.45) is 0 Å². The van der Waals surface area contributed by atoms with E-state index in [1.165, 1.54) is 12.5 Å². The van der Waals surface area contributed by atoms with Crippen LogP contribution in [0.2, 0.25) is 0 Å². The lowest BCUT2D eigenvalue weighted by Crippen LogP contribution is -2.13. The Morgan fingerprint density at radius 2 is 2.11 bits per heavy atom. The molecule has 0 aliphatic carbocycles. The maximum absolute atomic E-state index is 11.8. The summed E-state index contributed by atoms with van der Waals surface area (Å²) in [5.41, 5.74) is 1.36. The molecule has 1 heterocycles. The fourth-order valence-electron chi connectivity index (χ4n) is 1.65. The van der Waals surface area contributed by atoms with Gasteiger partial charge in [0, 0.05) is 0 Å². The third-order valence-corrected chi connectivity index (χ3v) is 2.53. The average Bonchev–Trinajstić information content (AvgIpc) is 2.91. The summed E-state index contributed by atoms with van der Waals surface area (Å²) in [6.45, 7) is 0. The van der Waals surface area contributed by atoms with E-state index in [2.05, 4.69) is 15.0 Å². The van der Waals surface area contributed by atoms with Gasteiger partial charge in [-0.3, -0.25) is 4.79 Å². The van der Waals surface area contributed by atoms with Gasteiger partial charge in [-0.05, 0) is 17.7 Å². The summed E-state index contributed by atoms with van der Waals surface area (Å²) in [4.78, 5) is 11.8. The van der Waals surface area contributed by atoms with Gasteiger partial charge in [-0.15, -0.1) is 0 Å². The predicted octanol–water partition coefficient (Wildman–Crippen LogP) is 1.87. The average molecular weight is 262 g/mol. The van der Waals surface area contributed by atoms with Crippen molar-refractivity contribution in [1.29, 1.82) is 0 Å². The Bertz CT molecular complexity index is 552. The van der Waals surface area contributed by atoms with Gasteiger partial charge in [0.15, 0.2) is 11.5 Å². The molecule has 0 saturated heterocycles. The zero-order valence-electron chi connectivity index (χ0n) is 10.7. The minimum absolute atomic E-state index is 0.157. The maximum atomic E-state index is 11.8. The zero-order chi connectivity index (χ0) is 13.7. The first-order valence-corrected chi connectivity index (χ1v) is 5.63. The van der Waals surface area contributed by atoms with Crippen molar-refractivity contribution in [2.45, 2.75) is 6.42 Å². The number of carbonyl (C=O) groups excluding carboxylic acids is 1. The second-order valence-electron chi connectivity index (χ2n) is 3.83. The van der Waals surface area contributed by atoms with Crippen molar-refractivity contribution in [3.05, 3.63) is 36.2 Å². The van der Waals surface area contributed by atoms with Crippen molar-refractivity contribution in [3.8, 4) is 11.5 Å². The SMILES string of the molecule is COc1ccc(CC(=O)Nc2cnoc2)cc1OC. The molecule has 0 unspecified atom stereocenters. The molecule has 0 bridgehead atoms. The van der Waals surface area contributed by atoms with Crippen molar-refractivity contribution in [2.75, 3.05) is 19.5 Å². The molecule has 0 spiro atoms. The highest BCUT2D eigenvalue weighted by atomic mass is 16.5. The lowest BCUT2D eigenvalue weighted by atomic mass is 10.1. The number of rotatable bonds is 5. The Morgan fingerprint density at radius 1 is 1.32 bits per heavy atom. The zero-order valence-corrected chi connectivity index (χ0v) is 10.7. The summed E-state index contributed by atoms with van der Waals surface area (Å²) in [6, 6.07) is 5.35. The maximum Gasteiger partial charge on any atom is 0.228 e. The van der Waals surface area contributed by atoms with Gasteiger partial charge in [0.1, 0.15) is 12.0 Å². The Kier molecular flexibility index (Phi) is 4.02. The van der Waals surface area contributed by atoms with Crippen LogP contribution in [0.5, 0.6) is 11.5 Å². The van der Waals surface area contributed by atoms with E-state index in [1.54, 1.807) is 26.4 Å². The van der Waals surface area contributed by atoms with Crippen molar-refractivity contribution >= 4 is 11.6 Å². The molecule has 2 aromatic rings. The number of nitrogens with one attached hydrogen (secondary N) is 1. The second-order valence-corrected chi connectivity index (χ2v) is 3.83. The van der Waals surface area contributed by atoms with Gasteiger partial charge in [-0.2, -0.15) is 0 Å². The Balaban J connectivity index is 2.04. The van der Waals surface area contributed by atoms with Crippen LogP contribution < -0.4 is 14.8 Å². The molecule has 1 amide bonds. The predicted molar refractivity (Wildman–Crippen MR) is 68.4 cm³/mol. The Morgan fingerprint density at radius 3 is 2.74 bits per heavy atom. The number of carbonyl (C=O) groups is 1. The third kappa shape index (κ3) is 3.25. The standard InChI is InChI=1S/C13H14N2O4/c1-17-11-4-3-9(5-12(11)18-2)6-13(16)15-10-7-14-19-8-10/h3-5,7-8H,6H2,1-2H3,(H,15,16). The topological polar surface area (TPSA) is 73.6 Å². The van der Waals surface area contributed by atoms with E-state index in [4.69, 9.17) is 9.47 Å². The fourth-order valence-corrected chi connectivity index (χ4v) is 1.65. The molecule has 1 N–H and O–H groups in total. The van der Waals surface area contributed by atoms with E-state index in [1.807, 2.05) is 6.07 Å². The fraction of sp³-hybridized carbons (Fsp3) is 0.231. The molecular formula is C13H14N2O4. The number of amides is 1. The molecule has 6 heteroatoms. The van der Waals surface area contributed by atoms with Crippen LogP contribution in [0, 0.1) is 0 Å². The molecule has 0 saturated carbocycles. The van der Waals surface area contributed by atoms with E-state index in [9.17, 15) is 4.79 Å². The van der Waals surface area contributed by atoms with Crippen LogP contribution >= 0.6 is 0 Å². The summed E-state index contributed by atoms with van der Waals surface area (Å²) in [5.74, 6) is 1.07. The first kappa shape index (κ1) is 12.9. The van der Waals surface area contributed by atoms with E-state index in [0.717, 1.165) is 5.56 Å². The molecule has 0 radical (unpaired) electrons. The van der Waals surface area contributed by atoms with Crippen molar-refractivity contribution in [1.82, 2.24) is 5.16 Å². The van der Waals surface area contributed by atoms with Crippen LogP contribution in [0.15, 0.2) is 35.2 Å². The summed E-state index contributed by atoms with van der Waals surface area (Å²) >= 11 is 0. The first-order chi connectivity index (χ1) is 9.22. The summed E-state index contributed by atoms with van der Waals surface area (Å²) in [5, 5.41) is 6.18. The van der Waals surface area contributed by atoms with Gasteiger partial charge < -0.3 is 19.3 Å². The number of anilines is 1. The van der Waals surface area contributed by atoms with Gasteiger partial charge in [-0.25, -0.2) is 0 Å². The van der Waals surface area contributed by atoms with Gasteiger partial charge in [-0.1, -0.05) is 11.2 Å². The normalized spacial score (nSPS) is 10.0. The third-order valence-electron chi connectivity index (χ3n) is 2.53. The monoisotopic (exact) mass is 262 g/mol. The Hall–Kier alpha value is -2.50. The van der Waals surface area contributed by atoms with E-state index >= 15 is 0 Å². The molecular weight excluding hydrogens is 248 g/mol. The van der Waals surface area contributed by atoms with Gasteiger partial charge >= 0.3 is 0 Å². The number of benzene rings is 1. The molecule has 0 aliphatic heterocycles. The highest BCUT2D eigenvalue weighted by molar-refractivity contribution is 5.91. The minimum atomic E-state index is -0.157. The molecule has 0 aliphatic rings. The van der Waals surface area contributed by atoms with Gasteiger partial charge in [0.05, 0.1) is 26.8 Å². The van der Waals surface area contributed by atoms with E-state index in [0.29, 0.717) is 17.2 Å². The smallest absolute Gasteiger partial charge is 0.228 e. The van der Waals surface area contributed by atoms with Crippen LogP contribution in [-0.2, 0) is 11.2 Å². The van der Waals surface area contributed by atoms with Crippen LogP contribution in [0.25, 0.3) is 0 Å². The van der Waals surface area contributed by atoms with Crippen LogP contribution in [-0.4, -0.2) is 25.3 Å². The van der Waals surface area contributed by atoms with Crippen molar-refractivity contribution in [3.63, 3.8) is 0 Å². The lowest BCUT2D eigenvalue weighted by molar-refractivity contribution is -0.115. The van der Waals surface area contributed by atoms with Crippen LogP contribution in [0.1, 0.15) is 5.56 Å². The number of nitrogens with zero attached hydrogens (tertiary/aromatic N) is 1. The minimum Gasteiger partial charge on any atom is -0.493 e. The number of methoxy groups -OCH3 is 2. The molecule has 6 nitrogen and oxygen atoms in total. The second kappa shape index (κ2) is 5.90. The number of hydrogen-bond acceptors (Lipinski definition) is 5.